The van der Waals surface area contributed by atoms with Crippen molar-refractivity contribution in [1.29, 1.82) is 0 Å². The van der Waals surface area contributed by atoms with E-state index < -0.39 is 27.9 Å². The number of anilines is 1. The second kappa shape index (κ2) is 7.37. The molecule has 0 saturated carbocycles. The summed E-state index contributed by atoms with van der Waals surface area (Å²) < 4.78 is 50.8. The summed E-state index contributed by atoms with van der Waals surface area (Å²) in [7, 11) is -2.12. The molecule has 2 aromatic heterocycles. The molecule has 10 heteroatoms. The Morgan fingerprint density at radius 1 is 1.30 bits per heavy atom. The lowest BCUT2D eigenvalue weighted by molar-refractivity contribution is 0.0769. The Kier molecular flexibility index (Phi) is 4.99. The zero-order valence-corrected chi connectivity index (χ0v) is 17.4. The minimum atomic E-state index is -3.61. The van der Waals surface area contributed by atoms with Crippen LogP contribution in [-0.4, -0.2) is 45.8 Å². The number of nitrogens with one attached hydrogen (secondary N) is 1. The number of fused-ring (bicyclic) bond motifs is 2. The van der Waals surface area contributed by atoms with Crippen molar-refractivity contribution in [2.75, 3.05) is 30.8 Å². The average molecular weight is 433 g/mol. The SMILES string of the molecule is CNC(=O)c1c(-c2ccc(F)cc2)oc2nc3c(cc12)C(C)OCCN3S(C)(=O)=O. The molecule has 1 aliphatic rings. The summed E-state index contributed by atoms with van der Waals surface area (Å²) >= 11 is 0. The van der Waals surface area contributed by atoms with E-state index in [0.717, 1.165) is 6.26 Å². The molecule has 1 atom stereocenters. The summed E-state index contributed by atoms with van der Waals surface area (Å²) in [6, 6.07) is 7.20. The molecule has 1 unspecified atom stereocenters. The van der Waals surface area contributed by atoms with E-state index in [9.17, 15) is 17.6 Å². The zero-order valence-electron chi connectivity index (χ0n) is 16.6. The van der Waals surface area contributed by atoms with Crippen LogP contribution in [0.3, 0.4) is 0 Å². The number of sulfonamides is 1. The molecule has 0 radical (unpaired) electrons. The summed E-state index contributed by atoms with van der Waals surface area (Å²) in [6.07, 6.45) is 0.658. The third kappa shape index (κ3) is 3.41. The summed E-state index contributed by atoms with van der Waals surface area (Å²) in [6.45, 7) is 2.11. The molecule has 3 heterocycles. The van der Waals surface area contributed by atoms with Gasteiger partial charge in [-0.3, -0.25) is 9.10 Å². The molecule has 1 amide bonds. The minimum absolute atomic E-state index is 0.106. The average Bonchev–Trinajstić information content (AvgIpc) is 2.98. The molecule has 8 nitrogen and oxygen atoms in total. The number of carbonyl (C=O) groups is 1. The van der Waals surface area contributed by atoms with Gasteiger partial charge in [0.25, 0.3) is 5.91 Å². The van der Waals surface area contributed by atoms with Crippen LogP contribution >= 0.6 is 0 Å². The molecule has 1 aromatic carbocycles. The van der Waals surface area contributed by atoms with Crippen molar-refractivity contribution >= 4 is 32.8 Å². The number of carbonyl (C=O) groups excluding carboxylic acids is 1. The Bertz CT molecular complexity index is 1240. The topological polar surface area (TPSA) is 102 Å². The predicted molar refractivity (Wildman–Crippen MR) is 109 cm³/mol. The van der Waals surface area contributed by atoms with Gasteiger partial charge in [-0.25, -0.2) is 12.8 Å². The third-order valence-corrected chi connectivity index (χ3v) is 6.14. The molecule has 30 heavy (non-hydrogen) atoms. The van der Waals surface area contributed by atoms with Crippen LogP contribution in [0.25, 0.3) is 22.4 Å². The smallest absolute Gasteiger partial charge is 0.255 e. The first-order valence-electron chi connectivity index (χ1n) is 9.25. The van der Waals surface area contributed by atoms with E-state index in [2.05, 4.69) is 10.3 Å². The number of hydrogen-bond donors (Lipinski definition) is 1. The van der Waals surface area contributed by atoms with Crippen LogP contribution in [0.5, 0.6) is 0 Å². The third-order valence-electron chi connectivity index (χ3n) is 4.99. The highest BCUT2D eigenvalue weighted by atomic mass is 32.2. The maximum absolute atomic E-state index is 13.4. The fourth-order valence-electron chi connectivity index (χ4n) is 3.51. The van der Waals surface area contributed by atoms with E-state index in [1.807, 2.05) is 0 Å². The van der Waals surface area contributed by atoms with Gasteiger partial charge in [-0.1, -0.05) is 0 Å². The molecule has 0 fully saturated rings. The second-order valence-electron chi connectivity index (χ2n) is 6.99. The highest BCUT2D eigenvalue weighted by Gasteiger charge is 2.31. The van der Waals surface area contributed by atoms with E-state index in [1.54, 1.807) is 13.0 Å². The lowest BCUT2D eigenvalue weighted by atomic mass is 10.0. The van der Waals surface area contributed by atoms with Gasteiger partial charge in [0, 0.05) is 18.2 Å². The first-order chi connectivity index (χ1) is 14.2. The van der Waals surface area contributed by atoms with Gasteiger partial charge in [0.2, 0.25) is 15.7 Å². The molecule has 0 bridgehead atoms. The predicted octanol–water partition coefficient (Wildman–Crippen LogP) is 2.85. The highest BCUT2D eigenvalue weighted by molar-refractivity contribution is 7.92. The number of ether oxygens (including phenoxy) is 1. The van der Waals surface area contributed by atoms with Crippen molar-refractivity contribution in [2.45, 2.75) is 13.0 Å². The Morgan fingerprint density at radius 3 is 2.63 bits per heavy atom. The number of benzene rings is 1. The van der Waals surface area contributed by atoms with Gasteiger partial charge < -0.3 is 14.5 Å². The Labute approximate surface area is 172 Å². The molecule has 1 N–H and O–H groups in total. The fraction of sp³-hybridized carbons (Fsp3) is 0.300. The quantitative estimate of drug-likeness (QED) is 0.682. The first-order valence-corrected chi connectivity index (χ1v) is 11.1. The molecule has 1 aliphatic heterocycles. The van der Waals surface area contributed by atoms with E-state index in [-0.39, 0.29) is 36.0 Å². The van der Waals surface area contributed by atoms with Gasteiger partial charge in [-0.05, 0) is 37.3 Å². The lowest BCUT2D eigenvalue weighted by Crippen LogP contribution is -2.32. The normalized spacial score (nSPS) is 16.9. The van der Waals surface area contributed by atoms with Crippen LogP contribution in [0.15, 0.2) is 34.7 Å². The number of aromatic nitrogens is 1. The molecule has 0 saturated heterocycles. The molecule has 4 rings (SSSR count). The lowest BCUT2D eigenvalue weighted by Gasteiger charge is -2.20. The molecule has 158 valence electrons. The molecular formula is C20H20FN3O5S. The minimum Gasteiger partial charge on any atom is -0.437 e. The number of nitrogens with zero attached hydrogens (tertiary/aromatic N) is 2. The van der Waals surface area contributed by atoms with E-state index in [4.69, 9.17) is 9.15 Å². The molecule has 0 aliphatic carbocycles. The molecule has 0 spiro atoms. The monoisotopic (exact) mass is 433 g/mol. The highest BCUT2D eigenvalue weighted by Crippen LogP contribution is 2.39. The standard InChI is InChI=1S/C20H20FN3O5S/c1-11-14-10-15-16(19(25)22-2)17(12-4-6-13(21)7-5-12)29-20(15)23-18(14)24(8-9-28-11)30(3,26)27/h4-7,10-11H,8-9H2,1-3H3,(H,22,25). The van der Waals surface area contributed by atoms with Gasteiger partial charge >= 0.3 is 0 Å². The van der Waals surface area contributed by atoms with Gasteiger partial charge in [0.15, 0.2) is 5.82 Å². The maximum Gasteiger partial charge on any atom is 0.255 e. The number of amides is 1. The van der Waals surface area contributed by atoms with Crippen molar-refractivity contribution in [2.24, 2.45) is 0 Å². The molecular weight excluding hydrogens is 413 g/mol. The number of furan rings is 1. The summed E-state index contributed by atoms with van der Waals surface area (Å²) in [5.41, 5.74) is 1.36. The van der Waals surface area contributed by atoms with Crippen LogP contribution < -0.4 is 9.62 Å². The van der Waals surface area contributed by atoms with E-state index in [0.29, 0.717) is 16.5 Å². The molecule has 3 aromatic rings. The van der Waals surface area contributed by atoms with Crippen molar-refractivity contribution in [3.05, 3.63) is 47.3 Å². The summed E-state index contributed by atoms with van der Waals surface area (Å²) in [5.74, 6) is -0.401. The van der Waals surface area contributed by atoms with Crippen LogP contribution in [0.4, 0.5) is 10.2 Å². The van der Waals surface area contributed by atoms with Crippen LogP contribution in [0, 0.1) is 5.82 Å². The largest absolute Gasteiger partial charge is 0.437 e. The van der Waals surface area contributed by atoms with E-state index in [1.165, 1.54) is 35.6 Å². The van der Waals surface area contributed by atoms with Crippen molar-refractivity contribution in [1.82, 2.24) is 10.3 Å². The van der Waals surface area contributed by atoms with Gasteiger partial charge in [0.05, 0.1) is 36.5 Å². The Hall–Kier alpha value is -2.98. The van der Waals surface area contributed by atoms with Gasteiger partial charge in [-0.2, -0.15) is 4.98 Å². The van der Waals surface area contributed by atoms with Crippen molar-refractivity contribution in [3.63, 3.8) is 0 Å². The van der Waals surface area contributed by atoms with Crippen LogP contribution in [0.1, 0.15) is 28.9 Å². The fourth-order valence-corrected chi connectivity index (χ4v) is 4.38. The Morgan fingerprint density at radius 2 is 2.00 bits per heavy atom. The summed E-state index contributed by atoms with van der Waals surface area (Å²) in [4.78, 5) is 17.1. The zero-order chi connectivity index (χ0) is 21.6. The van der Waals surface area contributed by atoms with E-state index >= 15 is 0 Å². The number of pyridine rings is 1. The van der Waals surface area contributed by atoms with Gasteiger partial charge in [-0.15, -0.1) is 0 Å². The maximum atomic E-state index is 13.4. The number of hydrogen-bond acceptors (Lipinski definition) is 6. The first kappa shape index (κ1) is 20.3. The van der Waals surface area contributed by atoms with Crippen molar-refractivity contribution in [3.8, 4) is 11.3 Å². The number of halogens is 1. The van der Waals surface area contributed by atoms with Gasteiger partial charge in [0.1, 0.15) is 11.6 Å². The van der Waals surface area contributed by atoms with Crippen molar-refractivity contribution < 1.29 is 26.8 Å². The Balaban J connectivity index is 2.03. The second-order valence-corrected chi connectivity index (χ2v) is 8.90. The number of rotatable bonds is 3. The summed E-state index contributed by atoms with van der Waals surface area (Å²) in [5, 5.41) is 2.99. The van der Waals surface area contributed by atoms with Crippen LogP contribution in [-0.2, 0) is 14.8 Å². The van der Waals surface area contributed by atoms with Crippen LogP contribution in [0.2, 0.25) is 0 Å².